The zero-order chi connectivity index (χ0) is 17.9. The molecule has 3 rings (SSSR count). The number of anilines is 2. The van der Waals surface area contributed by atoms with Crippen molar-refractivity contribution in [3.05, 3.63) is 41.3 Å². The first-order chi connectivity index (χ1) is 12.0. The van der Waals surface area contributed by atoms with E-state index in [-0.39, 0.29) is 11.7 Å². The molecular formula is C18H23N5O2. The average Bonchev–Trinajstić information content (AvgIpc) is 2.59. The quantitative estimate of drug-likeness (QED) is 0.856. The van der Waals surface area contributed by atoms with E-state index in [0.717, 1.165) is 16.8 Å². The molecule has 1 saturated heterocycles. The molecular weight excluding hydrogens is 318 g/mol. The second kappa shape index (κ2) is 7.14. The van der Waals surface area contributed by atoms with Gasteiger partial charge in [0.1, 0.15) is 11.4 Å². The van der Waals surface area contributed by atoms with E-state index in [1.54, 1.807) is 19.3 Å². The Morgan fingerprint density at radius 1 is 1.28 bits per heavy atom. The van der Waals surface area contributed by atoms with Gasteiger partial charge in [-0.25, -0.2) is 4.98 Å². The number of nitrogens with one attached hydrogen (secondary N) is 1. The summed E-state index contributed by atoms with van der Waals surface area (Å²) in [5.74, 6) is 0.906. The van der Waals surface area contributed by atoms with Gasteiger partial charge >= 0.3 is 0 Å². The van der Waals surface area contributed by atoms with Crippen LogP contribution in [0.2, 0.25) is 0 Å². The summed E-state index contributed by atoms with van der Waals surface area (Å²) in [6.45, 7) is 4.61. The Balaban J connectivity index is 1.98. The largest absolute Gasteiger partial charge is 0.381 e. The van der Waals surface area contributed by atoms with Gasteiger partial charge in [-0.3, -0.25) is 9.78 Å². The van der Waals surface area contributed by atoms with Crippen LogP contribution in [0.3, 0.4) is 0 Å². The third-order valence-corrected chi connectivity index (χ3v) is 4.74. The van der Waals surface area contributed by atoms with Gasteiger partial charge in [-0.15, -0.1) is 0 Å². The Morgan fingerprint density at radius 3 is 2.60 bits per heavy atom. The van der Waals surface area contributed by atoms with Crippen molar-refractivity contribution in [1.82, 2.24) is 15.0 Å². The molecule has 1 fully saturated rings. The summed E-state index contributed by atoms with van der Waals surface area (Å²) in [7, 11) is 0. The number of hydrogen-bond donors (Lipinski definition) is 2. The highest BCUT2D eigenvalue weighted by Crippen LogP contribution is 2.30. The van der Waals surface area contributed by atoms with Crippen LogP contribution in [0.4, 0.5) is 11.8 Å². The number of aryl methyl sites for hydroxylation is 1. The van der Waals surface area contributed by atoms with E-state index in [9.17, 15) is 4.79 Å². The van der Waals surface area contributed by atoms with Crippen LogP contribution in [0, 0.1) is 6.92 Å². The molecule has 0 radical (unpaired) electrons. The second-order valence-electron chi connectivity index (χ2n) is 6.40. The topological polar surface area (TPSA) is 103 Å². The minimum atomic E-state index is -0.668. The Hall–Kier alpha value is -2.54. The van der Waals surface area contributed by atoms with Crippen LogP contribution < -0.4 is 11.1 Å². The van der Waals surface area contributed by atoms with E-state index >= 15 is 0 Å². The highest BCUT2D eigenvalue weighted by atomic mass is 16.5. The van der Waals surface area contributed by atoms with Crippen LogP contribution in [0.25, 0.3) is 0 Å². The molecule has 132 valence electrons. The van der Waals surface area contributed by atoms with E-state index in [1.807, 2.05) is 19.1 Å². The van der Waals surface area contributed by atoms with Crippen LogP contribution in [0.5, 0.6) is 0 Å². The molecule has 0 amide bonds. The van der Waals surface area contributed by atoms with Gasteiger partial charge in [-0.2, -0.15) is 4.98 Å². The summed E-state index contributed by atoms with van der Waals surface area (Å²) >= 11 is 0. The lowest BCUT2D eigenvalue weighted by Gasteiger charge is -2.36. The molecule has 0 aromatic carbocycles. The summed E-state index contributed by atoms with van der Waals surface area (Å²) in [5, 5.41) is 3.39. The number of aromatic nitrogens is 3. The second-order valence-corrected chi connectivity index (χ2v) is 6.40. The number of rotatable bonds is 5. The highest BCUT2D eigenvalue weighted by Gasteiger charge is 2.38. The number of carbonyl (C=O) groups excluding carboxylic acids is 1. The predicted molar refractivity (Wildman–Crippen MR) is 95.3 cm³/mol. The van der Waals surface area contributed by atoms with Gasteiger partial charge in [0, 0.05) is 56.1 Å². The highest BCUT2D eigenvalue weighted by molar-refractivity contribution is 5.89. The van der Waals surface area contributed by atoms with Gasteiger partial charge < -0.3 is 15.8 Å². The fraction of sp³-hybridized carbons (Fsp3) is 0.444. The van der Waals surface area contributed by atoms with Crippen molar-refractivity contribution in [2.24, 2.45) is 0 Å². The molecule has 25 heavy (non-hydrogen) atoms. The molecule has 3 heterocycles. The number of carbonyl (C=O) groups is 1. The molecule has 0 atom stereocenters. The fourth-order valence-electron chi connectivity index (χ4n) is 3.15. The molecule has 0 saturated carbocycles. The normalized spacial score (nSPS) is 16.4. The van der Waals surface area contributed by atoms with E-state index < -0.39 is 5.54 Å². The number of nitrogens with zero attached hydrogens (tertiary/aromatic N) is 3. The van der Waals surface area contributed by atoms with Crippen LogP contribution in [-0.2, 0) is 16.0 Å². The summed E-state index contributed by atoms with van der Waals surface area (Å²) in [6.07, 6.45) is 5.37. The molecule has 0 bridgehead atoms. The molecule has 0 spiro atoms. The minimum absolute atomic E-state index is 0.0838. The van der Waals surface area contributed by atoms with Gasteiger partial charge in [-0.05, 0) is 31.5 Å². The molecule has 7 heteroatoms. The Labute approximate surface area is 147 Å². The van der Waals surface area contributed by atoms with Crippen LogP contribution >= 0.6 is 0 Å². The average molecular weight is 341 g/mol. The zero-order valence-corrected chi connectivity index (χ0v) is 14.6. The van der Waals surface area contributed by atoms with Crippen molar-refractivity contribution in [2.45, 2.75) is 38.6 Å². The maximum atomic E-state index is 12.4. The number of pyridine rings is 1. The Morgan fingerprint density at radius 2 is 1.96 bits per heavy atom. The molecule has 7 nitrogen and oxygen atoms in total. The number of ketones is 1. The van der Waals surface area contributed by atoms with Crippen molar-refractivity contribution in [1.29, 1.82) is 0 Å². The summed E-state index contributed by atoms with van der Waals surface area (Å²) in [4.78, 5) is 25.1. The number of hydrogen-bond acceptors (Lipinski definition) is 7. The van der Waals surface area contributed by atoms with Gasteiger partial charge in [0.25, 0.3) is 0 Å². The maximum absolute atomic E-state index is 12.4. The molecule has 1 aliphatic rings. The van der Waals surface area contributed by atoms with Gasteiger partial charge in [0.2, 0.25) is 5.95 Å². The monoisotopic (exact) mass is 341 g/mol. The molecule has 3 N–H and O–H groups in total. The number of ether oxygens (including phenoxy) is 1. The van der Waals surface area contributed by atoms with Crippen molar-refractivity contribution in [3.63, 3.8) is 0 Å². The number of nitrogens with two attached hydrogens (primary N) is 1. The lowest BCUT2D eigenvalue weighted by molar-refractivity contribution is -0.124. The van der Waals surface area contributed by atoms with Crippen LogP contribution in [0.1, 0.15) is 36.6 Å². The minimum Gasteiger partial charge on any atom is -0.381 e. The molecule has 2 aromatic rings. The standard InChI is InChI=1S/C18H23N5O2/c1-12-15(11-14-3-7-20-8-4-14)16(22-17(19)21-12)23-18(13(2)24)5-9-25-10-6-18/h3-4,7-8H,5-6,9-11H2,1-2H3,(H3,19,21,22,23). The molecule has 1 aliphatic heterocycles. The van der Waals surface area contributed by atoms with E-state index in [0.29, 0.717) is 38.3 Å². The Kier molecular flexibility index (Phi) is 4.94. The molecule has 2 aromatic heterocycles. The Bertz CT molecular complexity index is 758. The zero-order valence-electron chi connectivity index (χ0n) is 14.6. The van der Waals surface area contributed by atoms with Crippen LogP contribution in [-0.4, -0.2) is 39.5 Å². The summed E-state index contributed by atoms with van der Waals surface area (Å²) in [6, 6.07) is 3.91. The predicted octanol–water partition coefficient (Wildman–Crippen LogP) is 1.90. The first-order valence-electron chi connectivity index (χ1n) is 8.39. The summed E-state index contributed by atoms with van der Waals surface area (Å²) < 4.78 is 5.43. The first-order valence-corrected chi connectivity index (χ1v) is 8.39. The number of nitrogen functional groups attached to an aromatic ring is 1. The van der Waals surface area contributed by atoms with Gasteiger partial charge in [0.15, 0.2) is 5.78 Å². The van der Waals surface area contributed by atoms with E-state index in [1.165, 1.54) is 0 Å². The fourth-order valence-corrected chi connectivity index (χ4v) is 3.15. The SMILES string of the molecule is CC(=O)C1(Nc2nc(N)nc(C)c2Cc2ccncc2)CCOCC1. The third kappa shape index (κ3) is 3.76. The smallest absolute Gasteiger partial charge is 0.222 e. The van der Waals surface area contributed by atoms with Crippen molar-refractivity contribution < 1.29 is 9.53 Å². The molecule has 0 aliphatic carbocycles. The van der Waals surface area contributed by atoms with Crippen molar-refractivity contribution in [3.8, 4) is 0 Å². The van der Waals surface area contributed by atoms with Crippen molar-refractivity contribution >= 4 is 17.5 Å². The number of Topliss-reactive ketones (excluding diaryl/α,β-unsaturated/α-hetero) is 1. The van der Waals surface area contributed by atoms with Gasteiger partial charge in [-0.1, -0.05) is 0 Å². The lowest BCUT2D eigenvalue weighted by atomic mass is 9.86. The lowest BCUT2D eigenvalue weighted by Crippen LogP contribution is -2.50. The van der Waals surface area contributed by atoms with Gasteiger partial charge in [0.05, 0.1) is 0 Å². The third-order valence-electron chi connectivity index (χ3n) is 4.74. The van der Waals surface area contributed by atoms with E-state index in [2.05, 4.69) is 20.3 Å². The van der Waals surface area contributed by atoms with Crippen molar-refractivity contribution in [2.75, 3.05) is 24.3 Å². The first kappa shape index (κ1) is 17.3. The maximum Gasteiger partial charge on any atom is 0.222 e. The van der Waals surface area contributed by atoms with E-state index in [4.69, 9.17) is 10.5 Å². The van der Waals surface area contributed by atoms with Crippen LogP contribution in [0.15, 0.2) is 24.5 Å². The summed E-state index contributed by atoms with van der Waals surface area (Å²) in [5.41, 5.74) is 8.03. The molecule has 0 unspecified atom stereocenters.